The average Bonchev–Trinajstić information content (AvgIpc) is 2.73. The van der Waals surface area contributed by atoms with Crippen LogP contribution in [0, 0.1) is 5.41 Å². The largest absolute Gasteiger partial charge is 0.396 e. The van der Waals surface area contributed by atoms with Crippen LogP contribution in [-0.2, 0) is 9.59 Å². The first-order chi connectivity index (χ1) is 14.1. The van der Waals surface area contributed by atoms with Crippen LogP contribution in [0.1, 0.15) is 32.1 Å². The maximum atomic E-state index is 13.3. The lowest BCUT2D eigenvalue weighted by molar-refractivity contribution is -0.154. The molecule has 2 atom stereocenters. The molecule has 0 bridgehead atoms. The molecule has 0 unspecified atom stereocenters. The number of aromatic nitrogens is 1. The Kier molecular flexibility index (Phi) is 7.44. The van der Waals surface area contributed by atoms with E-state index in [9.17, 15) is 14.7 Å². The number of carbonyl (C=O) groups excluding carboxylic acids is 2. The Morgan fingerprint density at radius 3 is 2.93 bits per heavy atom. The first-order valence-corrected chi connectivity index (χ1v) is 10.6. The van der Waals surface area contributed by atoms with Gasteiger partial charge >= 0.3 is 0 Å². The van der Waals surface area contributed by atoms with Crippen LogP contribution in [0.4, 0.5) is 5.69 Å². The second-order valence-electron chi connectivity index (χ2n) is 8.13. The minimum atomic E-state index is -0.521. The standard InChI is InChI=1S/C21H33N5O3/c1-25-13-8-21(7-3-12-26(18(21)16-25)19(28)6-14-27)20(29)24-11-4-10-23-17-5-2-9-22-15-17/h2,5,9,15,18,23,27H,3-4,6-8,10-14,16H2,1H3,(H,24,29)/t18-,21+/m0/s1. The predicted octanol–water partition coefficient (Wildman–Crippen LogP) is 0.695. The van der Waals surface area contributed by atoms with Crippen LogP contribution >= 0.6 is 0 Å². The summed E-state index contributed by atoms with van der Waals surface area (Å²) >= 11 is 0. The van der Waals surface area contributed by atoms with Crippen molar-refractivity contribution in [2.24, 2.45) is 5.41 Å². The lowest BCUT2D eigenvalue weighted by atomic mass is 9.67. The van der Waals surface area contributed by atoms with Gasteiger partial charge < -0.3 is 25.5 Å². The molecule has 29 heavy (non-hydrogen) atoms. The van der Waals surface area contributed by atoms with Crippen LogP contribution < -0.4 is 10.6 Å². The fourth-order valence-corrected chi connectivity index (χ4v) is 4.61. The smallest absolute Gasteiger partial charge is 0.228 e. The first-order valence-electron chi connectivity index (χ1n) is 10.6. The Morgan fingerprint density at radius 1 is 1.31 bits per heavy atom. The Hall–Kier alpha value is -2.19. The Balaban J connectivity index is 1.58. The van der Waals surface area contributed by atoms with Gasteiger partial charge in [-0.3, -0.25) is 14.6 Å². The third-order valence-electron chi connectivity index (χ3n) is 6.19. The second-order valence-corrected chi connectivity index (χ2v) is 8.13. The summed E-state index contributed by atoms with van der Waals surface area (Å²) in [7, 11) is 2.04. The summed E-state index contributed by atoms with van der Waals surface area (Å²) < 4.78 is 0. The van der Waals surface area contributed by atoms with E-state index in [1.807, 2.05) is 24.1 Å². The first kappa shape index (κ1) is 21.5. The number of piperidine rings is 2. The predicted molar refractivity (Wildman–Crippen MR) is 111 cm³/mol. The summed E-state index contributed by atoms with van der Waals surface area (Å²) in [5.41, 5.74) is 0.449. The van der Waals surface area contributed by atoms with Crippen LogP contribution in [0.25, 0.3) is 0 Å². The van der Waals surface area contributed by atoms with E-state index < -0.39 is 5.41 Å². The number of amides is 2. The van der Waals surface area contributed by atoms with Crippen LogP contribution in [0.5, 0.6) is 0 Å². The van der Waals surface area contributed by atoms with Gasteiger partial charge in [0, 0.05) is 45.0 Å². The summed E-state index contributed by atoms with van der Waals surface area (Å²) in [4.78, 5) is 33.9. The third-order valence-corrected chi connectivity index (χ3v) is 6.19. The van der Waals surface area contributed by atoms with Crippen molar-refractivity contribution < 1.29 is 14.7 Å². The highest BCUT2D eigenvalue weighted by atomic mass is 16.3. The summed E-state index contributed by atoms with van der Waals surface area (Å²) in [6, 6.07) is 3.73. The number of rotatable bonds is 8. The monoisotopic (exact) mass is 403 g/mol. The van der Waals surface area contributed by atoms with Gasteiger partial charge in [0.15, 0.2) is 0 Å². The molecule has 3 heterocycles. The molecule has 2 aliphatic heterocycles. The number of aliphatic hydroxyl groups excluding tert-OH is 1. The number of pyridine rings is 1. The van der Waals surface area contributed by atoms with Crippen molar-refractivity contribution in [3.63, 3.8) is 0 Å². The summed E-state index contributed by atoms with van der Waals surface area (Å²) in [5, 5.41) is 15.6. The van der Waals surface area contributed by atoms with E-state index >= 15 is 0 Å². The highest BCUT2D eigenvalue weighted by molar-refractivity contribution is 5.85. The van der Waals surface area contributed by atoms with Crippen LogP contribution in [0.15, 0.2) is 24.5 Å². The van der Waals surface area contributed by atoms with E-state index in [1.165, 1.54) is 0 Å². The molecule has 160 valence electrons. The van der Waals surface area contributed by atoms with E-state index in [1.54, 1.807) is 12.4 Å². The van der Waals surface area contributed by atoms with Gasteiger partial charge in [-0.2, -0.15) is 0 Å². The van der Waals surface area contributed by atoms with Gasteiger partial charge in [0.05, 0.1) is 23.8 Å². The Labute approximate surface area is 172 Å². The van der Waals surface area contributed by atoms with Crippen molar-refractivity contribution >= 4 is 17.5 Å². The molecule has 0 radical (unpaired) electrons. The number of hydrogen-bond acceptors (Lipinski definition) is 6. The van der Waals surface area contributed by atoms with Gasteiger partial charge in [0.2, 0.25) is 11.8 Å². The minimum absolute atomic E-state index is 0.0506. The lowest BCUT2D eigenvalue weighted by Gasteiger charge is -2.53. The van der Waals surface area contributed by atoms with Gasteiger partial charge in [0.25, 0.3) is 0 Å². The molecule has 0 spiro atoms. The molecule has 2 amide bonds. The molecular formula is C21H33N5O3. The van der Waals surface area contributed by atoms with Crippen molar-refractivity contribution in [3.05, 3.63) is 24.5 Å². The SMILES string of the molecule is CN1CC[C@]2(C(=O)NCCCNc3cccnc3)CCCN(C(=O)CCO)[C@H]2C1. The van der Waals surface area contributed by atoms with Gasteiger partial charge in [-0.1, -0.05) is 0 Å². The zero-order chi connectivity index (χ0) is 20.7. The van der Waals surface area contributed by atoms with Crippen molar-refractivity contribution in [3.8, 4) is 0 Å². The van der Waals surface area contributed by atoms with E-state index in [4.69, 9.17) is 0 Å². The quantitative estimate of drug-likeness (QED) is 0.553. The van der Waals surface area contributed by atoms with E-state index in [2.05, 4.69) is 20.5 Å². The summed E-state index contributed by atoms with van der Waals surface area (Å²) in [6.07, 6.45) is 6.85. The summed E-state index contributed by atoms with van der Waals surface area (Å²) in [6.45, 7) is 3.43. The highest BCUT2D eigenvalue weighted by Crippen LogP contribution is 2.42. The fraction of sp³-hybridized carbons (Fsp3) is 0.667. The number of anilines is 1. The maximum Gasteiger partial charge on any atom is 0.228 e. The molecule has 2 fully saturated rings. The summed E-state index contributed by atoms with van der Waals surface area (Å²) in [5.74, 6) is 0.0174. The van der Waals surface area contributed by atoms with E-state index in [0.29, 0.717) is 19.6 Å². The van der Waals surface area contributed by atoms with Crippen LogP contribution in [0.2, 0.25) is 0 Å². The van der Waals surface area contributed by atoms with Crippen molar-refractivity contribution in [2.45, 2.75) is 38.1 Å². The number of likely N-dealkylation sites (tertiary alicyclic amines) is 2. The molecule has 1 aromatic heterocycles. The molecule has 2 aliphatic rings. The normalized spacial score (nSPS) is 24.6. The maximum absolute atomic E-state index is 13.3. The number of nitrogens with zero attached hydrogens (tertiary/aromatic N) is 3. The van der Waals surface area contributed by atoms with E-state index in [0.717, 1.165) is 44.5 Å². The molecule has 3 N–H and O–H groups in total. The topological polar surface area (TPSA) is 97.8 Å². The molecule has 3 rings (SSSR count). The van der Waals surface area contributed by atoms with Gasteiger partial charge in [-0.25, -0.2) is 0 Å². The molecular weight excluding hydrogens is 370 g/mol. The third kappa shape index (κ3) is 5.05. The molecule has 2 saturated heterocycles. The minimum Gasteiger partial charge on any atom is -0.396 e. The zero-order valence-electron chi connectivity index (χ0n) is 17.3. The van der Waals surface area contributed by atoms with Gasteiger partial charge in [-0.15, -0.1) is 0 Å². The van der Waals surface area contributed by atoms with Crippen molar-refractivity contribution in [1.82, 2.24) is 20.1 Å². The van der Waals surface area contributed by atoms with Gasteiger partial charge in [-0.05, 0) is 51.4 Å². The van der Waals surface area contributed by atoms with E-state index in [-0.39, 0.29) is 30.9 Å². The van der Waals surface area contributed by atoms with Crippen LogP contribution in [-0.4, -0.2) is 84.1 Å². The second kappa shape index (κ2) is 10.0. The van der Waals surface area contributed by atoms with Crippen molar-refractivity contribution in [2.75, 3.05) is 51.7 Å². The number of carbonyl (C=O) groups is 2. The Morgan fingerprint density at radius 2 is 2.17 bits per heavy atom. The number of fused-ring (bicyclic) bond motifs is 1. The molecule has 0 saturated carbocycles. The molecule has 1 aromatic rings. The fourth-order valence-electron chi connectivity index (χ4n) is 4.61. The highest BCUT2D eigenvalue weighted by Gasteiger charge is 2.53. The Bertz CT molecular complexity index is 686. The molecule has 8 nitrogen and oxygen atoms in total. The molecule has 8 heteroatoms. The van der Waals surface area contributed by atoms with Crippen molar-refractivity contribution in [1.29, 1.82) is 0 Å². The number of likely N-dealkylation sites (N-methyl/N-ethyl adjacent to an activating group) is 1. The number of aliphatic hydroxyl groups is 1. The number of nitrogens with one attached hydrogen (secondary N) is 2. The molecule has 0 aromatic carbocycles. The molecule has 0 aliphatic carbocycles. The zero-order valence-corrected chi connectivity index (χ0v) is 17.3. The van der Waals surface area contributed by atoms with Crippen LogP contribution in [0.3, 0.4) is 0 Å². The van der Waals surface area contributed by atoms with Gasteiger partial charge in [0.1, 0.15) is 0 Å². The average molecular weight is 404 g/mol. The number of hydrogen-bond donors (Lipinski definition) is 3. The lowest BCUT2D eigenvalue weighted by Crippen LogP contribution is -2.66.